The molecule has 0 aliphatic rings. The topological polar surface area (TPSA) is 17.1 Å². The largest absolute Gasteiger partial charge is 0.294 e. The molecule has 4 heteroatoms. The van der Waals surface area contributed by atoms with Gasteiger partial charge in [0.25, 0.3) is 0 Å². The van der Waals surface area contributed by atoms with Crippen LogP contribution in [0.2, 0.25) is 0 Å². The van der Waals surface area contributed by atoms with Gasteiger partial charge in [-0.05, 0) is 34.5 Å². The first-order valence-corrected chi connectivity index (χ1v) is 6.11. The van der Waals surface area contributed by atoms with E-state index in [1.165, 1.54) is 6.07 Å². The highest BCUT2D eigenvalue weighted by atomic mass is 79.9. The summed E-state index contributed by atoms with van der Waals surface area (Å²) in [6, 6.07) is 4.45. The molecular formula is C10H9Br2FO. The number of Topliss-reactive ketones (excluding diaryl/α,β-unsaturated/α-hetero) is 1. The number of hydrogen-bond acceptors (Lipinski definition) is 1. The highest BCUT2D eigenvalue weighted by molar-refractivity contribution is 9.10. The van der Waals surface area contributed by atoms with Crippen LogP contribution < -0.4 is 0 Å². The molecule has 0 amide bonds. The Hall–Kier alpha value is -0.220. The van der Waals surface area contributed by atoms with Crippen molar-refractivity contribution in [1.82, 2.24) is 0 Å². The lowest BCUT2D eigenvalue weighted by Gasteiger charge is -2.00. The normalized spacial score (nSPS) is 10.2. The highest BCUT2D eigenvalue weighted by Crippen LogP contribution is 2.17. The fourth-order valence-electron chi connectivity index (χ4n) is 1.04. The van der Waals surface area contributed by atoms with Gasteiger partial charge in [0.05, 0.1) is 4.47 Å². The zero-order chi connectivity index (χ0) is 10.6. The average Bonchev–Trinajstić information content (AvgIpc) is 2.18. The minimum Gasteiger partial charge on any atom is -0.294 e. The van der Waals surface area contributed by atoms with Crippen molar-refractivity contribution in [1.29, 1.82) is 0 Å². The number of ketones is 1. The molecule has 1 aromatic rings. The molecule has 0 aromatic heterocycles. The van der Waals surface area contributed by atoms with Gasteiger partial charge in [-0.1, -0.05) is 22.0 Å². The van der Waals surface area contributed by atoms with Crippen LogP contribution in [0.15, 0.2) is 22.7 Å². The molecule has 76 valence electrons. The lowest BCUT2D eigenvalue weighted by atomic mass is 10.1. The second-order valence-corrected chi connectivity index (χ2v) is 4.49. The van der Waals surface area contributed by atoms with Gasteiger partial charge >= 0.3 is 0 Å². The van der Waals surface area contributed by atoms with Crippen LogP contribution >= 0.6 is 31.9 Å². The third kappa shape index (κ3) is 3.17. The summed E-state index contributed by atoms with van der Waals surface area (Å²) in [6.45, 7) is 0. The third-order valence-corrected chi connectivity index (χ3v) is 2.98. The summed E-state index contributed by atoms with van der Waals surface area (Å²) in [7, 11) is 0. The molecule has 0 fully saturated rings. The van der Waals surface area contributed by atoms with E-state index in [4.69, 9.17) is 0 Å². The molecule has 0 saturated carbocycles. The summed E-state index contributed by atoms with van der Waals surface area (Å²) in [5, 5.41) is 0.789. The predicted octanol–water partition coefficient (Wildman–Crippen LogP) is 3.95. The molecule has 0 heterocycles. The molecule has 0 bridgehead atoms. The van der Waals surface area contributed by atoms with Gasteiger partial charge in [0.1, 0.15) is 5.82 Å². The van der Waals surface area contributed by atoms with Gasteiger partial charge < -0.3 is 0 Å². The zero-order valence-corrected chi connectivity index (χ0v) is 10.6. The fraction of sp³-hybridized carbons (Fsp3) is 0.300. The number of halogens is 3. The Morgan fingerprint density at radius 2 is 2.14 bits per heavy atom. The molecular weight excluding hydrogens is 315 g/mol. The van der Waals surface area contributed by atoms with E-state index >= 15 is 0 Å². The first kappa shape index (κ1) is 11.9. The second-order valence-electron chi connectivity index (χ2n) is 2.84. The predicted molar refractivity (Wildman–Crippen MR) is 61.5 cm³/mol. The molecule has 1 nitrogen and oxygen atoms in total. The molecule has 1 aromatic carbocycles. The van der Waals surface area contributed by atoms with Crippen LogP contribution in [0.5, 0.6) is 0 Å². The van der Waals surface area contributed by atoms with E-state index in [0.29, 0.717) is 16.5 Å². The number of alkyl halides is 1. The summed E-state index contributed by atoms with van der Waals surface area (Å²) >= 11 is 6.28. The monoisotopic (exact) mass is 322 g/mol. The van der Waals surface area contributed by atoms with E-state index in [-0.39, 0.29) is 5.78 Å². The highest BCUT2D eigenvalue weighted by Gasteiger charge is 2.07. The van der Waals surface area contributed by atoms with E-state index in [1.807, 2.05) is 0 Å². The van der Waals surface area contributed by atoms with Crippen molar-refractivity contribution in [3.63, 3.8) is 0 Å². The van der Waals surface area contributed by atoms with Crippen molar-refractivity contribution >= 4 is 37.6 Å². The Morgan fingerprint density at radius 1 is 1.43 bits per heavy atom. The van der Waals surface area contributed by atoms with E-state index < -0.39 is 5.82 Å². The van der Waals surface area contributed by atoms with Gasteiger partial charge in [0.15, 0.2) is 5.78 Å². The number of rotatable bonds is 4. The van der Waals surface area contributed by atoms with E-state index in [2.05, 4.69) is 31.9 Å². The SMILES string of the molecule is O=C(CCCBr)c1ccc(Br)c(F)c1. The van der Waals surface area contributed by atoms with Crippen LogP contribution in [0, 0.1) is 5.82 Å². The molecule has 0 atom stereocenters. The molecule has 0 radical (unpaired) electrons. The standard InChI is InChI=1S/C10H9Br2FO/c11-5-1-2-10(14)7-3-4-8(12)9(13)6-7/h3-4,6H,1-2,5H2. The maximum atomic E-state index is 13.1. The minimum atomic E-state index is -0.394. The van der Waals surface area contributed by atoms with E-state index in [9.17, 15) is 9.18 Å². The molecule has 0 saturated heterocycles. The molecule has 0 aliphatic heterocycles. The average molecular weight is 324 g/mol. The van der Waals surface area contributed by atoms with Gasteiger partial charge in [-0.15, -0.1) is 0 Å². The first-order chi connectivity index (χ1) is 6.65. The summed E-state index contributed by atoms with van der Waals surface area (Å²) in [6.07, 6.45) is 1.23. The van der Waals surface area contributed by atoms with Gasteiger partial charge in [-0.3, -0.25) is 4.79 Å². The first-order valence-electron chi connectivity index (χ1n) is 4.19. The van der Waals surface area contributed by atoms with Crippen LogP contribution in [-0.2, 0) is 0 Å². The van der Waals surface area contributed by atoms with Gasteiger partial charge in [-0.2, -0.15) is 0 Å². The second kappa shape index (κ2) is 5.61. The third-order valence-electron chi connectivity index (χ3n) is 1.78. The molecule has 0 aliphatic carbocycles. The van der Waals surface area contributed by atoms with Crippen LogP contribution in [0.3, 0.4) is 0 Å². The van der Waals surface area contributed by atoms with E-state index in [0.717, 1.165) is 11.8 Å². The number of hydrogen-bond donors (Lipinski definition) is 0. The quantitative estimate of drug-likeness (QED) is 0.606. The molecule has 1 rings (SSSR count). The fourth-order valence-corrected chi connectivity index (χ4v) is 1.57. The maximum absolute atomic E-state index is 13.1. The van der Waals surface area contributed by atoms with Gasteiger partial charge in [0, 0.05) is 17.3 Å². The van der Waals surface area contributed by atoms with Crippen molar-refractivity contribution in [2.75, 3.05) is 5.33 Å². The Labute approximate surface area is 99.0 Å². The summed E-state index contributed by atoms with van der Waals surface area (Å²) in [4.78, 5) is 11.5. The number of carbonyl (C=O) groups is 1. The lowest BCUT2D eigenvalue weighted by Crippen LogP contribution is -1.99. The zero-order valence-electron chi connectivity index (χ0n) is 7.40. The minimum absolute atomic E-state index is 0.0177. The van der Waals surface area contributed by atoms with Crippen LogP contribution in [0.25, 0.3) is 0 Å². The van der Waals surface area contributed by atoms with Crippen molar-refractivity contribution in [3.8, 4) is 0 Å². The molecule has 0 spiro atoms. The van der Waals surface area contributed by atoms with Gasteiger partial charge in [-0.25, -0.2) is 4.39 Å². The molecule has 0 N–H and O–H groups in total. The number of benzene rings is 1. The summed E-state index contributed by atoms with van der Waals surface area (Å²) in [5.41, 5.74) is 0.437. The Bertz CT molecular complexity index is 339. The Morgan fingerprint density at radius 3 is 2.71 bits per heavy atom. The number of carbonyl (C=O) groups excluding carboxylic acids is 1. The molecule has 14 heavy (non-hydrogen) atoms. The van der Waals surface area contributed by atoms with Crippen molar-refractivity contribution < 1.29 is 9.18 Å². The molecule has 0 unspecified atom stereocenters. The van der Waals surface area contributed by atoms with Gasteiger partial charge in [0.2, 0.25) is 0 Å². The van der Waals surface area contributed by atoms with Crippen molar-refractivity contribution in [2.24, 2.45) is 0 Å². The Balaban J connectivity index is 2.76. The van der Waals surface area contributed by atoms with E-state index in [1.54, 1.807) is 12.1 Å². The van der Waals surface area contributed by atoms with Crippen molar-refractivity contribution in [3.05, 3.63) is 34.1 Å². The van der Waals surface area contributed by atoms with Crippen LogP contribution in [0.4, 0.5) is 4.39 Å². The Kier molecular flexibility index (Phi) is 4.75. The van der Waals surface area contributed by atoms with Crippen LogP contribution in [-0.4, -0.2) is 11.1 Å². The smallest absolute Gasteiger partial charge is 0.163 e. The summed E-state index contributed by atoms with van der Waals surface area (Å²) in [5.74, 6) is -0.412. The lowest BCUT2D eigenvalue weighted by molar-refractivity contribution is 0.0981. The van der Waals surface area contributed by atoms with Crippen LogP contribution in [0.1, 0.15) is 23.2 Å². The summed E-state index contributed by atoms with van der Waals surface area (Å²) < 4.78 is 13.4. The maximum Gasteiger partial charge on any atom is 0.163 e. The van der Waals surface area contributed by atoms with Crippen molar-refractivity contribution in [2.45, 2.75) is 12.8 Å².